The van der Waals surface area contributed by atoms with Crippen LogP contribution < -0.4 is 5.32 Å². The van der Waals surface area contributed by atoms with E-state index in [2.05, 4.69) is 5.32 Å². The maximum Gasteiger partial charge on any atom is 0.317 e. The van der Waals surface area contributed by atoms with Gasteiger partial charge >= 0.3 is 6.03 Å². The van der Waals surface area contributed by atoms with Crippen molar-refractivity contribution in [2.45, 2.75) is 17.4 Å². The molecule has 0 aliphatic carbocycles. The van der Waals surface area contributed by atoms with Crippen LogP contribution in [0.4, 0.5) is 9.18 Å². The summed E-state index contributed by atoms with van der Waals surface area (Å²) in [6.07, 6.45) is 0.778. The van der Waals surface area contributed by atoms with E-state index in [0.29, 0.717) is 0 Å². The van der Waals surface area contributed by atoms with Crippen LogP contribution in [0.2, 0.25) is 0 Å². The number of likely N-dealkylation sites (N-methyl/N-ethyl adjacent to an activating group) is 1. The lowest BCUT2D eigenvalue weighted by Crippen LogP contribution is -2.41. The highest BCUT2D eigenvalue weighted by atomic mass is 32.2. The molecule has 104 valence electrons. The molecule has 0 bridgehead atoms. The number of thioether (sulfide) groups is 1. The predicted octanol–water partition coefficient (Wildman–Crippen LogP) is 2.00. The third-order valence-electron chi connectivity index (χ3n) is 3.09. The number of rotatable bonds is 3. The molecule has 1 aliphatic rings. The molecule has 0 saturated carbocycles. The lowest BCUT2D eigenvalue weighted by Gasteiger charge is -2.28. The van der Waals surface area contributed by atoms with Crippen molar-refractivity contribution in [1.29, 1.82) is 0 Å². The first-order chi connectivity index (χ1) is 9.11. The van der Waals surface area contributed by atoms with Gasteiger partial charge in [-0.3, -0.25) is 0 Å². The lowest BCUT2D eigenvalue weighted by atomic mass is 10.0. The quantitative estimate of drug-likeness (QED) is 0.892. The molecule has 4 nitrogen and oxygen atoms in total. The molecular weight excluding hydrogens is 267 g/mol. The number of amides is 2. The van der Waals surface area contributed by atoms with Gasteiger partial charge in [0.2, 0.25) is 0 Å². The van der Waals surface area contributed by atoms with E-state index < -0.39 is 0 Å². The summed E-state index contributed by atoms with van der Waals surface area (Å²) in [4.78, 5) is 14.3. The van der Waals surface area contributed by atoms with Crippen LogP contribution in [0.5, 0.6) is 0 Å². The van der Waals surface area contributed by atoms with Crippen molar-refractivity contribution in [2.75, 3.05) is 26.0 Å². The maximum atomic E-state index is 13.3. The van der Waals surface area contributed by atoms with Crippen LogP contribution in [0.1, 0.15) is 18.0 Å². The third kappa shape index (κ3) is 3.39. The van der Waals surface area contributed by atoms with Crippen molar-refractivity contribution in [1.82, 2.24) is 10.2 Å². The fourth-order valence-corrected chi connectivity index (χ4v) is 3.13. The number of benzene rings is 1. The molecule has 6 heteroatoms. The maximum absolute atomic E-state index is 13.3. The smallest absolute Gasteiger partial charge is 0.317 e. The van der Waals surface area contributed by atoms with Gasteiger partial charge in [-0.1, -0.05) is 0 Å². The molecular formula is C13H17FN2O2S. The summed E-state index contributed by atoms with van der Waals surface area (Å²) in [5.41, 5.74) is 0.835. The van der Waals surface area contributed by atoms with Crippen LogP contribution in [0, 0.1) is 5.82 Å². The number of aliphatic hydroxyl groups is 1. The second-order valence-electron chi connectivity index (χ2n) is 4.47. The van der Waals surface area contributed by atoms with E-state index >= 15 is 0 Å². The highest BCUT2D eigenvalue weighted by Gasteiger charge is 2.23. The first-order valence-corrected chi connectivity index (χ1v) is 7.15. The van der Waals surface area contributed by atoms with Gasteiger partial charge in [-0.25, -0.2) is 9.18 Å². The molecule has 1 unspecified atom stereocenters. The average molecular weight is 284 g/mol. The zero-order valence-electron chi connectivity index (χ0n) is 10.7. The monoisotopic (exact) mass is 284 g/mol. The van der Waals surface area contributed by atoms with Crippen LogP contribution in [0.3, 0.4) is 0 Å². The van der Waals surface area contributed by atoms with Crippen molar-refractivity contribution in [3.05, 3.63) is 29.6 Å². The van der Waals surface area contributed by atoms with Crippen LogP contribution in [0.15, 0.2) is 23.1 Å². The Bertz CT molecular complexity index is 470. The number of nitrogens with zero attached hydrogens (tertiary/aromatic N) is 1. The second-order valence-corrected chi connectivity index (χ2v) is 5.60. The molecule has 19 heavy (non-hydrogen) atoms. The molecule has 0 fully saturated rings. The summed E-state index contributed by atoms with van der Waals surface area (Å²) in [6, 6.07) is 4.26. The standard InChI is InChI=1S/C13H17FN2O2S/c1-16(5-6-17)13(18)15-11-4-7-19-12-3-2-9(14)8-10(11)12/h2-3,8,11,17H,4-7H2,1H3,(H,15,18). The van der Waals surface area contributed by atoms with Gasteiger partial charge in [0.05, 0.1) is 12.6 Å². The molecule has 1 atom stereocenters. The molecule has 2 amide bonds. The molecule has 0 aromatic heterocycles. The number of urea groups is 1. The van der Waals surface area contributed by atoms with Gasteiger partial charge < -0.3 is 15.3 Å². The molecule has 0 spiro atoms. The third-order valence-corrected chi connectivity index (χ3v) is 4.21. The first kappa shape index (κ1) is 14.1. The van der Waals surface area contributed by atoms with Crippen LogP contribution in [-0.4, -0.2) is 42.0 Å². The molecule has 1 aliphatic heterocycles. The van der Waals surface area contributed by atoms with E-state index in [0.717, 1.165) is 22.6 Å². The molecule has 1 heterocycles. The van der Waals surface area contributed by atoms with Gasteiger partial charge in [0, 0.05) is 24.2 Å². The van der Waals surface area contributed by atoms with Crippen molar-refractivity contribution in [3.63, 3.8) is 0 Å². The lowest BCUT2D eigenvalue weighted by molar-refractivity contribution is 0.186. The Morgan fingerprint density at radius 2 is 2.42 bits per heavy atom. The van der Waals surface area contributed by atoms with Crippen molar-refractivity contribution in [3.8, 4) is 0 Å². The number of halogens is 1. The Hall–Kier alpha value is -1.27. The number of fused-ring (bicyclic) bond motifs is 1. The molecule has 2 rings (SSSR count). The van der Waals surface area contributed by atoms with Gasteiger partial charge in [0.15, 0.2) is 0 Å². The SMILES string of the molecule is CN(CCO)C(=O)NC1CCSc2ccc(F)cc21. The van der Waals surface area contributed by atoms with Gasteiger partial charge in [-0.05, 0) is 30.2 Å². The zero-order chi connectivity index (χ0) is 13.8. The number of aliphatic hydroxyl groups excluding tert-OH is 1. The average Bonchev–Trinajstić information content (AvgIpc) is 2.39. The number of hydrogen-bond donors (Lipinski definition) is 2. The van der Waals surface area contributed by atoms with Gasteiger partial charge in [-0.15, -0.1) is 11.8 Å². The highest BCUT2D eigenvalue weighted by molar-refractivity contribution is 7.99. The van der Waals surface area contributed by atoms with E-state index in [-0.39, 0.29) is 31.0 Å². The Labute approximate surface area is 116 Å². The zero-order valence-corrected chi connectivity index (χ0v) is 11.5. The van der Waals surface area contributed by atoms with Crippen molar-refractivity contribution < 1.29 is 14.3 Å². The van der Waals surface area contributed by atoms with E-state index in [9.17, 15) is 9.18 Å². The molecule has 1 aromatic rings. The van der Waals surface area contributed by atoms with E-state index in [1.807, 2.05) is 0 Å². The summed E-state index contributed by atoms with van der Waals surface area (Å²) in [6.45, 7) is 0.207. The Morgan fingerprint density at radius 1 is 1.63 bits per heavy atom. The minimum atomic E-state index is -0.288. The van der Waals surface area contributed by atoms with E-state index in [4.69, 9.17) is 5.11 Å². The van der Waals surface area contributed by atoms with Crippen LogP contribution >= 0.6 is 11.8 Å². The van der Waals surface area contributed by atoms with Gasteiger partial charge in [0.25, 0.3) is 0 Å². The number of nitrogens with one attached hydrogen (secondary N) is 1. The fraction of sp³-hybridized carbons (Fsp3) is 0.462. The second kappa shape index (κ2) is 6.25. The Balaban J connectivity index is 2.11. The largest absolute Gasteiger partial charge is 0.395 e. The normalized spacial score (nSPS) is 17.7. The number of carbonyl (C=O) groups excluding carboxylic acids is 1. The van der Waals surface area contributed by atoms with Crippen LogP contribution in [0.25, 0.3) is 0 Å². The van der Waals surface area contributed by atoms with Crippen LogP contribution in [-0.2, 0) is 0 Å². The van der Waals surface area contributed by atoms with Gasteiger partial charge in [-0.2, -0.15) is 0 Å². The molecule has 0 radical (unpaired) electrons. The topological polar surface area (TPSA) is 52.6 Å². The highest BCUT2D eigenvalue weighted by Crippen LogP contribution is 2.36. The molecule has 2 N–H and O–H groups in total. The summed E-state index contributed by atoms with van der Waals surface area (Å²) in [7, 11) is 1.62. The fourth-order valence-electron chi connectivity index (χ4n) is 2.03. The van der Waals surface area contributed by atoms with E-state index in [1.165, 1.54) is 17.0 Å². The molecule has 0 saturated heterocycles. The predicted molar refractivity (Wildman–Crippen MR) is 72.7 cm³/mol. The van der Waals surface area contributed by atoms with E-state index in [1.54, 1.807) is 24.9 Å². The Kier molecular flexibility index (Phi) is 4.66. The number of hydrogen-bond acceptors (Lipinski definition) is 3. The Morgan fingerprint density at radius 3 is 3.16 bits per heavy atom. The number of carbonyl (C=O) groups is 1. The summed E-state index contributed by atoms with van der Waals surface area (Å²) >= 11 is 1.68. The van der Waals surface area contributed by atoms with Crippen molar-refractivity contribution >= 4 is 17.8 Å². The minimum absolute atomic E-state index is 0.0738. The van der Waals surface area contributed by atoms with Gasteiger partial charge in [0.1, 0.15) is 5.82 Å². The summed E-state index contributed by atoms with van der Waals surface area (Å²) < 4.78 is 13.3. The minimum Gasteiger partial charge on any atom is -0.395 e. The summed E-state index contributed by atoms with van der Waals surface area (Å²) in [5, 5.41) is 11.7. The molecule has 1 aromatic carbocycles. The first-order valence-electron chi connectivity index (χ1n) is 6.16. The summed E-state index contributed by atoms with van der Waals surface area (Å²) in [5.74, 6) is 0.608. The van der Waals surface area contributed by atoms with Crippen molar-refractivity contribution in [2.24, 2.45) is 0 Å².